The predicted molar refractivity (Wildman–Crippen MR) is 102 cm³/mol. The Morgan fingerprint density at radius 1 is 1.11 bits per heavy atom. The Balaban J connectivity index is 1.43. The molecule has 4 rings (SSSR count). The van der Waals surface area contributed by atoms with E-state index in [1.165, 1.54) is 0 Å². The van der Waals surface area contributed by atoms with Crippen molar-refractivity contribution in [1.82, 2.24) is 30.1 Å². The van der Waals surface area contributed by atoms with Crippen LogP contribution in [0.4, 0.5) is 0 Å². The minimum atomic E-state index is -0.144. The Bertz CT molecular complexity index is 1070. The number of nitrogens with one attached hydrogen (secondary N) is 1. The minimum Gasteiger partial charge on any atom is -0.348 e. The molecule has 0 aliphatic rings. The molecule has 0 saturated carbocycles. The van der Waals surface area contributed by atoms with Crippen LogP contribution in [0.5, 0.6) is 0 Å². The quantitative estimate of drug-likeness (QED) is 0.558. The molecule has 0 fully saturated rings. The van der Waals surface area contributed by atoms with Gasteiger partial charge < -0.3 is 5.32 Å². The number of aromatic nitrogens is 5. The topological polar surface area (TPSA) is 77.6 Å². The Hall–Kier alpha value is -3.19. The maximum Gasteiger partial charge on any atom is 0.251 e. The van der Waals surface area contributed by atoms with Gasteiger partial charge in [0.15, 0.2) is 0 Å². The molecule has 1 N–H and O–H groups in total. The zero-order chi connectivity index (χ0) is 18.6. The van der Waals surface area contributed by atoms with Crippen molar-refractivity contribution < 1.29 is 4.79 Å². The molecule has 0 atom stereocenters. The summed E-state index contributed by atoms with van der Waals surface area (Å²) in [5.41, 5.74) is 2.31. The first-order valence-electron chi connectivity index (χ1n) is 8.51. The summed E-state index contributed by atoms with van der Waals surface area (Å²) >= 11 is 5.97. The zero-order valence-electron chi connectivity index (χ0n) is 14.4. The van der Waals surface area contributed by atoms with Gasteiger partial charge in [-0.2, -0.15) is 5.10 Å². The van der Waals surface area contributed by atoms with E-state index in [4.69, 9.17) is 11.6 Å². The molecule has 0 saturated heterocycles. The fourth-order valence-corrected chi connectivity index (χ4v) is 3.02. The van der Waals surface area contributed by atoms with Crippen molar-refractivity contribution in [2.24, 2.45) is 0 Å². The second-order valence-electron chi connectivity index (χ2n) is 6.14. The van der Waals surface area contributed by atoms with Crippen molar-refractivity contribution in [2.45, 2.75) is 19.6 Å². The molecule has 136 valence electrons. The van der Waals surface area contributed by atoms with E-state index in [0.29, 0.717) is 30.2 Å². The normalized spacial score (nSPS) is 11.0. The number of hydrogen-bond donors (Lipinski definition) is 1. The van der Waals surface area contributed by atoms with E-state index in [2.05, 4.69) is 20.7 Å². The monoisotopic (exact) mass is 380 g/mol. The van der Waals surface area contributed by atoms with Gasteiger partial charge in [-0.3, -0.25) is 14.2 Å². The van der Waals surface area contributed by atoms with E-state index in [-0.39, 0.29) is 5.91 Å². The highest BCUT2D eigenvalue weighted by molar-refractivity contribution is 6.30. The first kappa shape index (κ1) is 17.2. The average molecular weight is 381 g/mol. The molecule has 2 heterocycles. The van der Waals surface area contributed by atoms with Gasteiger partial charge in [-0.15, -0.1) is 5.10 Å². The summed E-state index contributed by atoms with van der Waals surface area (Å²) < 4.78 is 3.60. The summed E-state index contributed by atoms with van der Waals surface area (Å²) in [6.07, 6.45) is 5.42. The number of fused-ring (bicyclic) bond motifs is 1. The molecule has 2 aromatic carbocycles. The molecular formula is C19H17ClN6O. The highest BCUT2D eigenvalue weighted by atomic mass is 35.5. The van der Waals surface area contributed by atoms with E-state index in [0.717, 1.165) is 16.5 Å². The molecule has 0 unspecified atom stereocenters. The SMILES string of the molecule is O=C(NCc1cccc(Cl)c1)c1ccc2cn(CCn3ccnn3)nc2c1. The molecule has 8 heteroatoms. The zero-order valence-corrected chi connectivity index (χ0v) is 15.2. The van der Waals surface area contributed by atoms with E-state index in [1.54, 1.807) is 29.1 Å². The van der Waals surface area contributed by atoms with E-state index < -0.39 is 0 Å². The van der Waals surface area contributed by atoms with Crippen LogP contribution in [0, 0.1) is 0 Å². The Morgan fingerprint density at radius 2 is 2.00 bits per heavy atom. The Morgan fingerprint density at radius 3 is 2.81 bits per heavy atom. The van der Waals surface area contributed by atoms with Gasteiger partial charge in [0.05, 0.1) is 24.8 Å². The number of amides is 1. The molecule has 0 radical (unpaired) electrons. The first-order valence-corrected chi connectivity index (χ1v) is 8.89. The highest BCUT2D eigenvalue weighted by Gasteiger charge is 2.09. The van der Waals surface area contributed by atoms with Crippen LogP contribution in [0.3, 0.4) is 0 Å². The van der Waals surface area contributed by atoms with Gasteiger partial charge in [-0.25, -0.2) is 0 Å². The molecule has 0 aliphatic heterocycles. The van der Waals surface area contributed by atoms with E-state index in [9.17, 15) is 4.79 Å². The van der Waals surface area contributed by atoms with Crippen LogP contribution in [-0.2, 0) is 19.6 Å². The third-order valence-corrected chi connectivity index (χ3v) is 4.42. The van der Waals surface area contributed by atoms with Crippen molar-refractivity contribution in [3.63, 3.8) is 0 Å². The molecular weight excluding hydrogens is 364 g/mol. The summed E-state index contributed by atoms with van der Waals surface area (Å²) in [7, 11) is 0. The average Bonchev–Trinajstić information content (AvgIpc) is 3.33. The Kier molecular flexibility index (Phi) is 4.84. The molecule has 7 nitrogen and oxygen atoms in total. The number of benzene rings is 2. The second kappa shape index (κ2) is 7.59. The maximum atomic E-state index is 12.4. The van der Waals surface area contributed by atoms with Crippen LogP contribution in [0.1, 0.15) is 15.9 Å². The van der Waals surface area contributed by atoms with Gasteiger partial charge in [-0.1, -0.05) is 35.0 Å². The summed E-state index contributed by atoms with van der Waals surface area (Å²) in [5, 5.41) is 16.8. The van der Waals surface area contributed by atoms with Crippen LogP contribution >= 0.6 is 11.6 Å². The molecule has 0 bridgehead atoms. The largest absolute Gasteiger partial charge is 0.348 e. The molecule has 0 spiro atoms. The van der Waals surface area contributed by atoms with E-state index in [1.807, 2.05) is 41.3 Å². The van der Waals surface area contributed by atoms with Gasteiger partial charge in [0.1, 0.15) is 0 Å². The molecule has 2 aromatic heterocycles. The van der Waals surface area contributed by atoms with Crippen molar-refractivity contribution >= 4 is 28.4 Å². The number of carbonyl (C=O) groups is 1. The first-order chi connectivity index (χ1) is 13.2. The lowest BCUT2D eigenvalue weighted by molar-refractivity contribution is 0.0951. The minimum absolute atomic E-state index is 0.144. The fourth-order valence-electron chi connectivity index (χ4n) is 2.81. The number of hydrogen-bond acceptors (Lipinski definition) is 4. The second-order valence-corrected chi connectivity index (χ2v) is 6.58. The molecule has 27 heavy (non-hydrogen) atoms. The Labute approximate surface area is 160 Å². The van der Waals surface area contributed by atoms with Crippen molar-refractivity contribution in [3.8, 4) is 0 Å². The summed E-state index contributed by atoms with van der Waals surface area (Å²) in [6, 6.07) is 12.9. The van der Waals surface area contributed by atoms with Crippen molar-refractivity contribution in [1.29, 1.82) is 0 Å². The van der Waals surface area contributed by atoms with Crippen LogP contribution in [0.25, 0.3) is 10.9 Å². The lowest BCUT2D eigenvalue weighted by atomic mass is 10.1. The lowest BCUT2D eigenvalue weighted by Gasteiger charge is -2.06. The van der Waals surface area contributed by atoms with Crippen LogP contribution in [-0.4, -0.2) is 30.7 Å². The van der Waals surface area contributed by atoms with E-state index >= 15 is 0 Å². The summed E-state index contributed by atoms with van der Waals surface area (Å²) in [6.45, 7) is 1.78. The number of rotatable bonds is 6. The molecule has 4 aromatic rings. The van der Waals surface area contributed by atoms with Crippen LogP contribution in [0.15, 0.2) is 61.1 Å². The lowest BCUT2D eigenvalue weighted by Crippen LogP contribution is -2.22. The third-order valence-electron chi connectivity index (χ3n) is 4.19. The number of nitrogens with zero attached hydrogens (tertiary/aromatic N) is 5. The standard InChI is InChI=1S/C19H17ClN6O/c20-17-3-1-2-14(10-17)12-21-19(27)15-4-5-16-13-26(23-18(16)11-15)9-8-25-7-6-22-24-25/h1-7,10-11,13H,8-9,12H2,(H,21,27). The van der Waals surface area contributed by atoms with Gasteiger partial charge in [-0.05, 0) is 29.8 Å². The highest BCUT2D eigenvalue weighted by Crippen LogP contribution is 2.15. The van der Waals surface area contributed by atoms with Crippen molar-refractivity contribution in [2.75, 3.05) is 0 Å². The van der Waals surface area contributed by atoms with Gasteiger partial charge in [0, 0.05) is 34.9 Å². The molecule has 1 amide bonds. The number of carbonyl (C=O) groups excluding carboxylic acids is 1. The van der Waals surface area contributed by atoms with Gasteiger partial charge in [0.2, 0.25) is 0 Å². The fraction of sp³-hybridized carbons (Fsp3) is 0.158. The van der Waals surface area contributed by atoms with Crippen LogP contribution in [0.2, 0.25) is 5.02 Å². The van der Waals surface area contributed by atoms with Gasteiger partial charge in [0.25, 0.3) is 5.91 Å². The van der Waals surface area contributed by atoms with Crippen molar-refractivity contribution in [3.05, 3.63) is 77.2 Å². The summed E-state index contributed by atoms with van der Waals surface area (Å²) in [5.74, 6) is -0.144. The predicted octanol–water partition coefficient (Wildman–Crippen LogP) is 2.91. The number of aryl methyl sites for hydroxylation is 2. The number of halogens is 1. The summed E-state index contributed by atoms with van der Waals surface area (Å²) in [4.78, 5) is 12.4. The smallest absolute Gasteiger partial charge is 0.251 e. The van der Waals surface area contributed by atoms with Gasteiger partial charge >= 0.3 is 0 Å². The maximum absolute atomic E-state index is 12.4. The third kappa shape index (κ3) is 4.15. The molecule has 0 aliphatic carbocycles. The van der Waals surface area contributed by atoms with Crippen LogP contribution < -0.4 is 5.32 Å².